The van der Waals surface area contributed by atoms with Crippen LogP contribution in [-0.2, 0) is 11.3 Å². The summed E-state index contributed by atoms with van der Waals surface area (Å²) >= 11 is 4.83. The third-order valence-electron chi connectivity index (χ3n) is 4.37. The van der Waals surface area contributed by atoms with Crippen LogP contribution >= 0.6 is 27.3 Å². The molecule has 0 fully saturated rings. The van der Waals surface area contributed by atoms with Crippen molar-refractivity contribution in [2.45, 2.75) is 6.61 Å². The highest BCUT2D eigenvalue weighted by Gasteiger charge is 2.21. The number of methoxy groups -OCH3 is 2. The number of fused-ring (bicyclic) bond motifs is 1. The Bertz CT molecular complexity index is 1180. The number of hydrogen-bond acceptors (Lipinski definition) is 6. The maximum absolute atomic E-state index is 12.8. The number of para-hydroxylation sites is 1. The van der Waals surface area contributed by atoms with Gasteiger partial charge in [-0.2, -0.15) is 0 Å². The van der Waals surface area contributed by atoms with Gasteiger partial charge in [0, 0.05) is 29.0 Å². The Morgan fingerprint density at radius 1 is 1.24 bits per heavy atom. The zero-order chi connectivity index (χ0) is 20.4. The molecular weight excluding hydrogens is 456 g/mol. The standard InChI is InChI=1S/C21H17BrN2O4S/c1-26-10-14-13-5-3-4-6-17(13)28-19(14)20(25)24-21-23-16(11-29-21)12-7-8-18(27-2)15(22)9-12/h3-9,11H,10H2,1-2H3,(H,23,24,25). The minimum absolute atomic E-state index is 0.233. The van der Waals surface area contributed by atoms with Crippen molar-refractivity contribution >= 4 is 49.3 Å². The molecule has 0 aliphatic rings. The monoisotopic (exact) mass is 472 g/mol. The average molecular weight is 473 g/mol. The summed E-state index contributed by atoms with van der Waals surface area (Å²) < 4.78 is 17.1. The highest BCUT2D eigenvalue weighted by molar-refractivity contribution is 9.10. The van der Waals surface area contributed by atoms with Gasteiger partial charge >= 0.3 is 0 Å². The molecule has 0 aliphatic carbocycles. The van der Waals surface area contributed by atoms with Crippen molar-refractivity contribution in [3.8, 4) is 17.0 Å². The molecule has 0 bridgehead atoms. The molecule has 1 N–H and O–H groups in total. The number of anilines is 1. The maximum atomic E-state index is 12.8. The van der Waals surface area contributed by atoms with E-state index in [0.29, 0.717) is 10.7 Å². The van der Waals surface area contributed by atoms with E-state index in [4.69, 9.17) is 13.9 Å². The van der Waals surface area contributed by atoms with Crippen molar-refractivity contribution in [2.24, 2.45) is 0 Å². The van der Waals surface area contributed by atoms with E-state index in [2.05, 4.69) is 26.2 Å². The molecule has 29 heavy (non-hydrogen) atoms. The van der Waals surface area contributed by atoms with Gasteiger partial charge < -0.3 is 13.9 Å². The van der Waals surface area contributed by atoms with Gasteiger partial charge in [-0.05, 0) is 40.2 Å². The Morgan fingerprint density at radius 2 is 2.07 bits per heavy atom. The molecule has 4 rings (SSSR count). The van der Waals surface area contributed by atoms with Crippen molar-refractivity contribution in [2.75, 3.05) is 19.5 Å². The van der Waals surface area contributed by atoms with Gasteiger partial charge in [0.1, 0.15) is 11.3 Å². The van der Waals surface area contributed by atoms with Gasteiger partial charge in [-0.25, -0.2) is 4.98 Å². The van der Waals surface area contributed by atoms with Gasteiger partial charge in [0.25, 0.3) is 5.91 Å². The van der Waals surface area contributed by atoms with Gasteiger partial charge in [-0.3, -0.25) is 10.1 Å². The number of amides is 1. The molecule has 148 valence electrons. The number of benzene rings is 2. The summed E-state index contributed by atoms with van der Waals surface area (Å²) in [5.41, 5.74) is 3.04. The third kappa shape index (κ3) is 3.91. The van der Waals surface area contributed by atoms with Crippen LogP contribution in [0, 0.1) is 0 Å². The number of nitrogens with zero attached hydrogens (tertiary/aromatic N) is 1. The number of carbonyl (C=O) groups is 1. The number of carbonyl (C=O) groups excluding carboxylic acids is 1. The number of aromatic nitrogens is 1. The van der Waals surface area contributed by atoms with Gasteiger partial charge in [0.15, 0.2) is 10.9 Å². The second-order valence-electron chi connectivity index (χ2n) is 6.18. The van der Waals surface area contributed by atoms with Gasteiger partial charge in [-0.1, -0.05) is 18.2 Å². The molecule has 0 radical (unpaired) electrons. The number of ether oxygens (including phenoxy) is 2. The van der Waals surface area contributed by atoms with Crippen molar-refractivity contribution in [1.29, 1.82) is 0 Å². The topological polar surface area (TPSA) is 73.6 Å². The predicted molar refractivity (Wildman–Crippen MR) is 117 cm³/mol. The summed E-state index contributed by atoms with van der Waals surface area (Å²) in [6.07, 6.45) is 0. The van der Waals surface area contributed by atoms with Crippen LogP contribution in [0.3, 0.4) is 0 Å². The maximum Gasteiger partial charge on any atom is 0.293 e. The fraction of sp³-hybridized carbons (Fsp3) is 0.143. The Balaban J connectivity index is 1.59. The van der Waals surface area contributed by atoms with Gasteiger partial charge in [0.2, 0.25) is 0 Å². The summed E-state index contributed by atoms with van der Waals surface area (Å²) in [6, 6.07) is 13.2. The second-order valence-corrected chi connectivity index (χ2v) is 7.89. The summed E-state index contributed by atoms with van der Waals surface area (Å²) in [7, 11) is 3.20. The molecule has 2 heterocycles. The molecule has 6 nitrogen and oxygen atoms in total. The third-order valence-corrected chi connectivity index (χ3v) is 5.74. The molecule has 0 saturated carbocycles. The minimum Gasteiger partial charge on any atom is -0.496 e. The van der Waals surface area contributed by atoms with E-state index in [9.17, 15) is 4.79 Å². The van der Waals surface area contributed by atoms with Crippen LogP contribution in [0.1, 0.15) is 16.1 Å². The number of rotatable bonds is 6. The highest BCUT2D eigenvalue weighted by Crippen LogP contribution is 2.33. The summed E-state index contributed by atoms with van der Waals surface area (Å²) in [6.45, 7) is 0.281. The first kappa shape index (κ1) is 19.6. The largest absolute Gasteiger partial charge is 0.496 e. The quantitative estimate of drug-likeness (QED) is 0.388. The van der Waals surface area contributed by atoms with Crippen molar-refractivity contribution in [3.05, 3.63) is 63.6 Å². The minimum atomic E-state index is -0.356. The first-order chi connectivity index (χ1) is 14.1. The number of nitrogens with one attached hydrogen (secondary N) is 1. The molecular formula is C21H17BrN2O4S. The number of thiazole rings is 1. The Hall–Kier alpha value is -2.68. The van der Waals surface area contributed by atoms with E-state index in [-0.39, 0.29) is 18.3 Å². The Kier molecular flexibility index (Phi) is 5.66. The van der Waals surface area contributed by atoms with E-state index in [0.717, 1.165) is 32.4 Å². The van der Waals surface area contributed by atoms with Crippen molar-refractivity contribution in [3.63, 3.8) is 0 Å². The number of hydrogen-bond donors (Lipinski definition) is 1. The zero-order valence-corrected chi connectivity index (χ0v) is 18.1. The fourth-order valence-electron chi connectivity index (χ4n) is 3.01. The summed E-state index contributed by atoms with van der Waals surface area (Å²) in [5, 5.41) is 6.07. The van der Waals surface area contributed by atoms with Crippen LogP contribution in [0.2, 0.25) is 0 Å². The van der Waals surface area contributed by atoms with Crippen molar-refractivity contribution in [1.82, 2.24) is 4.98 Å². The molecule has 1 amide bonds. The molecule has 4 aromatic rings. The molecule has 0 unspecified atom stereocenters. The summed E-state index contributed by atoms with van der Waals surface area (Å²) in [4.78, 5) is 17.4. The van der Waals surface area contributed by atoms with Crippen LogP contribution in [0.15, 0.2) is 56.7 Å². The van der Waals surface area contributed by atoms with Crippen LogP contribution in [0.25, 0.3) is 22.2 Å². The molecule has 0 spiro atoms. The lowest BCUT2D eigenvalue weighted by Gasteiger charge is -2.04. The second kappa shape index (κ2) is 8.36. The first-order valence-corrected chi connectivity index (χ1v) is 10.4. The molecule has 2 aromatic heterocycles. The van der Waals surface area contributed by atoms with E-state index >= 15 is 0 Å². The van der Waals surface area contributed by atoms with E-state index in [1.165, 1.54) is 11.3 Å². The highest BCUT2D eigenvalue weighted by atomic mass is 79.9. The summed E-state index contributed by atoms with van der Waals surface area (Å²) in [5.74, 6) is 0.620. The van der Waals surface area contributed by atoms with E-state index in [1.807, 2.05) is 47.8 Å². The lowest BCUT2D eigenvalue weighted by Crippen LogP contribution is -2.13. The lowest BCUT2D eigenvalue weighted by molar-refractivity contribution is 0.0992. The first-order valence-electron chi connectivity index (χ1n) is 8.71. The molecule has 0 aliphatic heterocycles. The number of halogens is 1. The smallest absolute Gasteiger partial charge is 0.293 e. The Labute approximate surface area is 179 Å². The average Bonchev–Trinajstić information content (AvgIpc) is 3.33. The van der Waals surface area contributed by atoms with Crippen LogP contribution < -0.4 is 10.1 Å². The van der Waals surface area contributed by atoms with E-state index < -0.39 is 0 Å². The molecule has 0 atom stereocenters. The normalized spacial score (nSPS) is 11.0. The molecule has 8 heteroatoms. The number of furan rings is 1. The van der Waals surface area contributed by atoms with Crippen LogP contribution in [0.5, 0.6) is 5.75 Å². The van der Waals surface area contributed by atoms with Crippen LogP contribution in [-0.4, -0.2) is 25.1 Å². The zero-order valence-electron chi connectivity index (χ0n) is 15.7. The van der Waals surface area contributed by atoms with Gasteiger partial charge in [-0.15, -0.1) is 11.3 Å². The van der Waals surface area contributed by atoms with E-state index in [1.54, 1.807) is 14.2 Å². The molecule has 0 saturated heterocycles. The van der Waals surface area contributed by atoms with Crippen molar-refractivity contribution < 1.29 is 18.7 Å². The van der Waals surface area contributed by atoms with Gasteiger partial charge in [0.05, 0.1) is 23.9 Å². The fourth-order valence-corrected chi connectivity index (χ4v) is 4.27. The Morgan fingerprint density at radius 3 is 2.83 bits per heavy atom. The van der Waals surface area contributed by atoms with Crippen LogP contribution in [0.4, 0.5) is 5.13 Å². The SMILES string of the molecule is COCc1c(C(=O)Nc2nc(-c3ccc(OC)c(Br)c3)cs2)oc2ccccc12. The predicted octanol–water partition coefficient (Wildman–Crippen LogP) is 5.73. The lowest BCUT2D eigenvalue weighted by atomic mass is 10.1. The molecule has 2 aromatic carbocycles.